The summed E-state index contributed by atoms with van der Waals surface area (Å²) in [4.78, 5) is 0. The highest BCUT2D eigenvalue weighted by molar-refractivity contribution is 5.41. The second-order valence-corrected chi connectivity index (χ2v) is 2.37. The maximum absolute atomic E-state index is 12.9. The number of alkyl halides is 1. The second kappa shape index (κ2) is 3.34. The van der Waals surface area contributed by atoms with Crippen molar-refractivity contribution in [3.05, 3.63) is 29.8 Å². The summed E-state index contributed by atoms with van der Waals surface area (Å²) in [5.41, 5.74) is 11.7. The topological polar surface area (TPSA) is 52.0 Å². The molecule has 0 saturated heterocycles. The third-order valence-corrected chi connectivity index (χ3v) is 1.48. The van der Waals surface area contributed by atoms with Crippen LogP contribution >= 0.6 is 0 Å². The van der Waals surface area contributed by atoms with Crippen molar-refractivity contribution < 1.29 is 4.39 Å². The van der Waals surface area contributed by atoms with Gasteiger partial charge in [-0.25, -0.2) is 4.39 Å². The lowest BCUT2D eigenvalue weighted by Gasteiger charge is -2.04. The lowest BCUT2D eigenvalue weighted by molar-refractivity contribution is 0.353. The largest absolute Gasteiger partial charge is 0.399 e. The Morgan fingerprint density at radius 3 is 2.73 bits per heavy atom. The van der Waals surface area contributed by atoms with Gasteiger partial charge in [0.05, 0.1) is 0 Å². The van der Waals surface area contributed by atoms with Gasteiger partial charge in [-0.2, -0.15) is 0 Å². The predicted molar refractivity (Wildman–Crippen MR) is 43.8 cm³/mol. The first-order valence-electron chi connectivity index (χ1n) is 3.43. The molecule has 0 aliphatic heterocycles. The van der Waals surface area contributed by atoms with Crippen molar-refractivity contribution in [3.63, 3.8) is 0 Å². The highest BCUT2D eigenvalue weighted by atomic mass is 19.1. The second-order valence-electron chi connectivity index (χ2n) is 2.37. The minimum Gasteiger partial charge on any atom is -0.399 e. The number of rotatable bonds is 2. The quantitative estimate of drug-likeness (QED) is 0.629. The zero-order valence-electron chi connectivity index (χ0n) is 6.13. The molecule has 0 bridgehead atoms. The van der Waals surface area contributed by atoms with Crippen LogP contribution in [0.1, 0.15) is 11.7 Å². The lowest BCUT2D eigenvalue weighted by Crippen LogP contribution is -2.07. The van der Waals surface area contributed by atoms with Gasteiger partial charge in [0.1, 0.15) is 6.17 Å². The van der Waals surface area contributed by atoms with E-state index in [0.29, 0.717) is 11.3 Å². The van der Waals surface area contributed by atoms with Gasteiger partial charge < -0.3 is 11.5 Å². The summed E-state index contributed by atoms with van der Waals surface area (Å²) in [7, 11) is 0. The molecule has 0 aliphatic rings. The summed E-state index contributed by atoms with van der Waals surface area (Å²) in [5, 5.41) is 0. The summed E-state index contributed by atoms with van der Waals surface area (Å²) in [6.45, 7) is 0.00343. The molecule has 0 aromatic heterocycles. The van der Waals surface area contributed by atoms with E-state index in [1.807, 2.05) is 0 Å². The molecule has 11 heavy (non-hydrogen) atoms. The Bertz CT molecular complexity index is 237. The van der Waals surface area contributed by atoms with Crippen molar-refractivity contribution in [1.82, 2.24) is 0 Å². The monoisotopic (exact) mass is 154 g/mol. The minimum atomic E-state index is -1.10. The fourth-order valence-corrected chi connectivity index (χ4v) is 0.890. The summed E-state index contributed by atoms with van der Waals surface area (Å²) >= 11 is 0. The van der Waals surface area contributed by atoms with E-state index in [1.54, 1.807) is 24.3 Å². The maximum Gasteiger partial charge on any atom is 0.137 e. The summed E-state index contributed by atoms with van der Waals surface area (Å²) in [5.74, 6) is 0. The first-order valence-corrected chi connectivity index (χ1v) is 3.43. The lowest BCUT2D eigenvalue weighted by atomic mass is 10.1. The van der Waals surface area contributed by atoms with E-state index >= 15 is 0 Å². The zero-order chi connectivity index (χ0) is 8.27. The number of nitrogens with two attached hydrogens (primary N) is 2. The minimum absolute atomic E-state index is 0.00343. The summed E-state index contributed by atoms with van der Waals surface area (Å²) in [6.07, 6.45) is -1.10. The SMILES string of the molecule is NC[C@@H](F)c1cccc(N)c1. The van der Waals surface area contributed by atoms with Crippen LogP contribution < -0.4 is 11.5 Å². The van der Waals surface area contributed by atoms with Crippen molar-refractivity contribution >= 4 is 5.69 Å². The Hall–Kier alpha value is -1.09. The van der Waals surface area contributed by atoms with Gasteiger partial charge in [0, 0.05) is 12.2 Å². The van der Waals surface area contributed by atoms with Crippen LogP contribution in [0.4, 0.5) is 10.1 Å². The van der Waals surface area contributed by atoms with Crippen LogP contribution in [-0.2, 0) is 0 Å². The van der Waals surface area contributed by atoms with Crippen LogP contribution in [0.3, 0.4) is 0 Å². The fraction of sp³-hybridized carbons (Fsp3) is 0.250. The van der Waals surface area contributed by atoms with Crippen LogP contribution in [0.25, 0.3) is 0 Å². The van der Waals surface area contributed by atoms with Gasteiger partial charge in [0.25, 0.3) is 0 Å². The van der Waals surface area contributed by atoms with E-state index in [-0.39, 0.29) is 6.54 Å². The highest BCUT2D eigenvalue weighted by Crippen LogP contribution is 2.17. The number of benzene rings is 1. The number of halogens is 1. The van der Waals surface area contributed by atoms with E-state index in [4.69, 9.17) is 11.5 Å². The third-order valence-electron chi connectivity index (χ3n) is 1.48. The van der Waals surface area contributed by atoms with Crippen LogP contribution in [0.15, 0.2) is 24.3 Å². The van der Waals surface area contributed by atoms with Crippen molar-refractivity contribution in [1.29, 1.82) is 0 Å². The van der Waals surface area contributed by atoms with E-state index < -0.39 is 6.17 Å². The number of nitrogen functional groups attached to an aromatic ring is 1. The van der Waals surface area contributed by atoms with Gasteiger partial charge in [-0.3, -0.25) is 0 Å². The first-order chi connectivity index (χ1) is 5.24. The van der Waals surface area contributed by atoms with Gasteiger partial charge in [0.15, 0.2) is 0 Å². The molecule has 0 aliphatic carbocycles. The van der Waals surface area contributed by atoms with Crippen LogP contribution in [-0.4, -0.2) is 6.54 Å². The molecule has 3 heteroatoms. The maximum atomic E-state index is 12.9. The number of hydrogen-bond donors (Lipinski definition) is 2. The fourth-order valence-electron chi connectivity index (χ4n) is 0.890. The van der Waals surface area contributed by atoms with Crippen molar-refractivity contribution in [3.8, 4) is 0 Å². The van der Waals surface area contributed by atoms with Gasteiger partial charge in [-0.1, -0.05) is 12.1 Å². The van der Waals surface area contributed by atoms with E-state index in [0.717, 1.165) is 0 Å². The zero-order valence-corrected chi connectivity index (χ0v) is 6.13. The van der Waals surface area contributed by atoms with Crippen LogP contribution in [0.2, 0.25) is 0 Å². The van der Waals surface area contributed by atoms with E-state index in [1.165, 1.54) is 0 Å². The first kappa shape index (κ1) is 8.01. The molecule has 1 atom stereocenters. The molecule has 60 valence electrons. The molecule has 0 fully saturated rings. The van der Waals surface area contributed by atoms with E-state index in [2.05, 4.69) is 0 Å². The molecule has 1 aromatic carbocycles. The molecule has 0 unspecified atom stereocenters. The molecular formula is C8H11FN2. The molecular weight excluding hydrogens is 143 g/mol. The number of hydrogen-bond acceptors (Lipinski definition) is 2. The van der Waals surface area contributed by atoms with Gasteiger partial charge in [-0.15, -0.1) is 0 Å². The Labute approximate surface area is 65.0 Å². The Balaban J connectivity index is 2.86. The number of anilines is 1. The molecule has 4 N–H and O–H groups in total. The smallest absolute Gasteiger partial charge is 0.137 e. The average Bonchev–Trinajstić information content (AvgIpc) is 2.03. The molecule has 0 radical (unpaired) electrons. The molecule has 1 aromatic rings. The molecule has 0 amide bonds. The van der Waals surface area contributed by atoms with Crippen LogP contribution in [0.5, 0.6) is 0 Å². The molecule has 0 spiro atoms. The Morgan fingerprint density at radius 1 is 1.45 bits per heavy atom. The Morgan fingerprint density at radius 2 is 2.18 bits per heavy atom. The standard InChI is InChI=1S/C8H11FN2/c9-8(5-10)6-2-1-3-7(11)4-6/h1-4,8H,5,10-11H2/t8-/m1/s1. The molecule has 0 heterocycles. The van der Waals surface area contributed by atoms with Crippen molar-refractivity contribution in [2.45, 2.75) is 6.17 Å². The summed E-state index contributed by atoms with van der Waals surface area (Å²) < 4.78 is 12.9. The summed E-state index contributed by atoms with van der Waals surface area (Å²) in [6, 6.07) is 6.70. The van der Waals surface area contributed by atoms with E-state index in [9.17, 15) is 4.39 Å². The normalized spacial score (nSPS) is 12.9. The molecule has 2 nitrogen and oxygen atoms in total. The Kier molecular flexibility index (Phi) is 2.44. The molecule has 0 saturated carbocycles. The predicted octanol–water partition coefficient (Wildman–Crippen LogP) is 1.24. The van der Waals surface area contributed by atoms with Gasteiger partial charge >= 0.3 is 0 Å². The molecule has 1 rings (SSSR count). The van der Waals surface area contributed by atoms with Gasteiger partial charge in [-0.05, 0) is 17.7 Å². The van der Waals surface area contributed by atoms with Gasteiger partial charge in [0.2, 0.25) is 0 Å². The van der Waals surface area contributed by atoms with Crippen LogP contribution in [0, 0.1) is 0 Å². The van der Waals surface area contributed by atoms with Crippen molar-refractivity contribution in [2.75, 3.05) is 12.3 Å². The average molecular weight is 154 g/mol. The third kappa shape index (κ3) is 1.91. The highest BCUT2D eigenvalue weighted by Gasteiger charge is 2.05. The van der Waals surface area contributed by atoms with Crippen molar-refractivity contribution in [2.24, 2.45) is 5.73 Å².